The lowest BCUT2D eigenvalue weighted by molar-refractivity contribution is 0.0795. The Morgan fingerprint density at radius 2 is 2.21 bits per heavy atom. The molecule has 0 atom stereocenters. The summed E-state index contributed by atoms with van der Waals surface area (Å²) in [5.41, 5.74) is 0.0617. The standard InChI is InChI=1S/C15H19N5O4/c1-10-8-12(11-2-6-23-7-3-11)24-15(22)13(10)14(21)16-4-5-20-9-17-18-19-20/h8-9,11H,2-7H2,1H3,(H,16,21). The molecule has 24 heavy (non-hydrogen) atoms. The van der Waals surface area contributed by atoms with Gasteiger partial charge in [0.25, 0.3) is 5.91 Å². The van der Waals surface area contributed by atoms with Crippen LogP contribution in [0.5, 0.6) is 0 Å². The molecule has 3 rings (SSSR count). The number of nitrogens with zero attached hydrogens (tertiary/aromatic N) is 4. The summed E-state index contributed by atoms with van der Waals surface area (Å²) in [5, 5.41) is 13.4. The minimum Gasteiger partial charge on any atom is -0.427 e. The fraction of sp³-hybridized carbons (Fsp3) is 0.533. The number of hydrogen-bond acceptors (Lipinski definition) is 7. The van der Waals surface area contributed by atoms with Crippen LogP contribution in [0, 0.1) is 6.92 Å². The van der Waals surface area contributed by atoms with Gasteiger partial charge in [-0.25, -0.2) is 9.48 Å². The number of nitrogens with one attached hydrogen (secondary N) is 1. The fourth-order valence-electron chi connectivity index (χ4n) is 2.74. The molecular formula is C15H19N5O4. The highest BCUT2D eigenvalue weighted by molar-refractivity contribution is 5.95. The first-order valence-electron chi connectivity index (χ1n) is 7.86. The summed E-state index contributed by atoms with van der Waals surface area (Å²) in [4.78, 5) is 24.5. The van der Waals surface area contributed by atoms with E-state index in [-0.39, 0.29) is 11.5 Å². The summed E-state index contributed by atoms with van der Waals surface area (Å²) in [7, 11) is 0. The molecule has 1 amide bonds. The smallest absolute Gasteiger partial charge is 0.349 e. The van der Waals surface area contributed by atoms with Crippen LogP contribution in [-0.2, 0) is 11.3 Å². The van der Waals surface area contributed by atoms with E-state index in [2.05, 4.69) is 20.8 Å². The molecule has 0 unspecified atom stereocenters. The minimum atomic E-state index is -0.601. The van der Waals surface area contributed by atoms with E-state index in [1.807, 2.05) is 0 Å². The molecule has 1 N–H and O–H groups in total. The Kier molecular flexibility index (Phi) is 4.99. The Bertz CT molecular complexity index is 750. The van der Waals surface area contributed by atoms with E-state index in [0.717, 1.165) is 12.8 Å². The molecule has 1 fully saturated rings. The van der Waals surface area contributed by atoms with Gasteiger partial charge in [0.05, 0.1) is 6.54 Å². The lowest BCUT2D eigenvalue weighted by Crippen LogP contribution is -2.32. The molecule has 0 aromatic carbocycles. The van der Waals surface area contributed by atoms with Crippen LogP contribution in [-0.4, -0.2) is 45.9 Å². The second-order valence-electron chi connectivity index (χ2n) is 5.71. The van der Waals surface area contributed by atoms with Gasteiger partial charge in [-0.1, -0.05) is 0 Å². The average molecular weight is 333 g/mol. The largest absolute Gasteiger partial charge is 0.427 e. The topological polar surface area (TPSA) is 112 Å². The van der Waals surface area contributed by atoms with Crippen molar-refractivity contribution in [3.05, 3.63) is 39.7 Å². The van der Waals surface area contributed by atoms with E-state index in [9.17, 15) is 9.59 Å². The third-order valence-electron chi connectivity index (χ3n) is 4.04. The van der Waals surface area contributed by atoms with Crippen LogP contribution in [0.2, 0.25) is 0 Å². The van der Waals surface area contributed by atoms with Crippen LogP contribution in [0.25, 0.3) is 0 Å². The van der Waals surface area contributed by atoms with E-state index in [1.54, 1.807) is 13.0 Å². The number of carbonyl (C=O) groups excluding carboxylic acids is 1. The van der Waals surface area contributed by atoms with Crippen LogP contribution >= 0.6 is 0 Å². The zero-order valence-corrected chi connectivity index (χ0v) is 13.4. The van der Waals surface area contributed by atoms with Gasteiger partial charge < -0.3 is 14.5 Å². The third-order valence-corrected chi connectivity index (χ3v) is 4.04. The van der Waals surface area contributed by atoms with Crippen LogP contribution in [0.1, 0.15) is 40.4 Å². The molecule has 1 aliphatic heterocycles. The predicted molar refractivity (Wildman–Crippen MR) is 82.7 cm³/mol. The van der Waals surface area contributed by atoms with E-state index >= 15 is 0 Å². The van der Waals surface area contributed by atoms with Gasteiger partial charge in [0.1, 0.15) is 17.7 Å². The summed E-state index contributed by atoms with van der Waals surface area (Å²) in [5.74, 6) is 0.348. The summed E-state index contributed by atoms with van der Waals surface area (Å²) in [6.45, 7) is 3.79. The summed E-state index contributed by atoms with van der Waals surface area (Å²) < 4.78 is 12.2. The van der Waals surface area contributed by atoms with Crippen molar-refractivity contribution in [1.29, 1.82) is 0 Å². The van der Waals surface area contributed by atoms with E-state index in [1.165, 1.54) is 11.0 Å². The average Bonchev–Trinajstić information content (AvgIpc) is 3.08. The molecular weight excluding hydrogens is 314 g/mol. The van der Waals surface area contributed by atoms with E-state index in [0.29, 0.717) is 37.6 Å². The normalized spacial score (nSPS) is 15.4. The second-order valence-corrected chi connectivity index (χ2v) is 5.71. The molecule has 0 radical (unpaired) electrons. The van der Waals surface area contributed by atoms with Crippen molar-refractivity contribution in [3.63, 3.8) is 0 Å². The molecule has 1 aliphatic rings. The van der Waals surface area contributed by atoms with Crippen LogP contribution < -0.4 is 10.9 Å². The minimum absolute atomic E-state index is 0.0440. The zero-order valence-electron chi connectivity index (χ0n) is 13.4. The predicted octanol–water partition coefficient (Wildman–Crippen LogP) is 0.259. The van der Waals surface area contributed by atoms with Crippen molar-refractivity contribution >= 4 is 5.91 Å². The Morgan fingerprint density at radius 3 is 2.88 bits per heavy atom. The van der Waals surface area contributed by atoms with Crippen LogP contribution in [0.15, 0.2) is 21.6 Å². The Labute approximate surface area is 138 Å². The van der Waals surface area contributed by atoms with Gasteiger partial charge in [-0.15, -0.1) is 5.10 Å². The number of hydrogen-bond donors (Lipinski definition) is 1. The highest BCUT2D eigenvalue weighted by Gasteiger charge is 2.22. The van der Waals surface area contributed by atoms with E-state index < -0.39 is 11.5 Å². The molecule has 0 bridgehead atoms. The molecule has 2 aromatic heterocycles. The number of tetrazole rings is 1. The van der Waals surface area contributed by atoms with Gasteiger partial charge in [0.2, 0.25) is 0 Å². The van der Waals surface area contributed by atoms with Crippen LogP contribution in [0.4, 0.5) is 0 Å². The number of amides is 1. The Balaban J connectivity index is 1.68. The first kappa shape index (κ1) is 16.3. The maximum Gasteiger partial charge on any atom is 0.349 e. The molecule has 0 saturated carbocycles. The fourth-order valence-corrected chi connectivity index (χ4v) is 2.74. The monoisotopic (exact) mass is 333 g/mol. The number of aryl methyl sites for hydroxylation is 1. The quantitative estimate of drug-likeness (QED) is 0.835. The molecule has 1 saturated heterocycles. The van der Waals surface area contributed by atoms with Gasteiger partial charge in [-0.3, -0.25) is 4.79 Å². The first-order valence-corrected chi connectivity index (χ1v) is 7.86. The molecule has 0 aliphatic carbocycles. The molecule has 3 heterocycles. The van der Waals surface area contributed by atoms with Crippen molar-refractivity contribution in [3.8, 4) is 0 Å². The SMILES string of the molecule is Cc1cc(C2CCOCC2)oc(=O)c1C(=O)NCCn1cnnn1. The number of carbonyl (C=O) groups is 1. The maximum atomic E-state index is 12.3. The Morgan fingerprint density at radius 1 is 1.42 bits per heavy atom. The maximum absolute atomic E-state index is 12.3. The molecule has 128 valence electrons. The van der Waals surface area contributed by atoms with Crippen molar-refractivity contribution in [2.45, 2.75) is 32.2 Å². The van der Waals surface area contributed by atoms with Gasteiger partial charge >= 0.3 is 5.63 Å². The third kappa shape index (κ3) is 3.67. The van der Waals surface area contributed by atoms with Gasteiger partial charge in [-0.2, -0.15) is 0 Å². The lowest BCUT2D eigenvalue weighted by atomic mass is 9.95. The van der Waals surface area contributed by atoms with Gasteiger partial charge in [0, 0.05) is 25.7 Å². The van der Waals surface area contributed by atoms with Gasteiger partial charge in [0.15, 0.2) is 0 Å². The summed E-state index contributed by atoms with van der Waals surface area (Å²) >= 11 is 0. The number of ether oxygens (including phenoxy) is 1. The van der Waals surface area contributed by atoms with E-state index in [4.69, 9.17) is 9.15 Å². The van der Waals surface area contributed by atoms with Crippen molar-refractivity contribution in [2.75, 3.05) is 19.8 Å². The van der Waals surface area contributed by atoms with Crippen molar-refractivity contribution in [2.24, 2.45) is 0 Å². The van der Waals surface area contributed by atoms with Gasteiger partial charge in [-0.05, 0) is 41.8 Å². The van der Waals surface area contributed by atoms with Crippen LogP contribution in [0.3, 0.4) is 0 Å². The number of rotatable bonds is 5. The summed E-state index contributed by atoms with van der Waals surface area (Å²) in [6.07, 6.45) is 3.09. The second kappa shape index (κ2) is 7.35. The zero-order chi connectivity index (χ0) is 16.9. The molecule has 9 heteroatoms. The molecule has 9 nitrogen and oxygen atoms in total. The first-order chi connectivity index (χ1) is 11.6. The molecule has 0 spiro atoms. The van der Waals surface area contributed by atoms with Crippen molar-refractivity contribution < 1.29 is 13.9 Å². The highest BCUT2D eigenvalue weighted by Crippen LogP contribution is 2.26. The summed E-state index contributed by atoms with van der Waals surface area (Å²) in [6, 6.07) is 1.79. The Hall–Kier alpha value is -2.55. The number of aromatic nitrogens is 4. The highest BCUT2D eigenvalue weighted by atomic mass is 16.5. The molecule has 2 aromatic rings. The lowest BCUT2D eigenvalue weighted by Gasteiger charge is -2.21. The van der Waals surface area contributed by atoms with Crippen molar-refractivity contribution in [1.82, 2.24) is 25.5 Å².